The van der Waals surface area contributed by atoms with Gasteiger partial charge in [-0.05, 0) is 6.92 Å². The predicted molar refractivity (Wildman–Crippen MR) is 54.9 cm³/mol. The molecule has 0 amide bonds. The first-order valence-electron chi connectivity index (χ1n) is 3.29. The molecule has 1 nitrogen and oxygen atoms in total. The second-order valence-electron chi connectivity index (χ2n) is 1.80. The monoisotopic (exact) mass is 227 g/mol. The van der Waals surface area contributed by atoms with E-state index < -0.39 is 0 Å². The molecule has 0 aliphatic heterocycles. The van der Waals surface area contributed by atoms with E-state index in [9.17, 15) is 0 Å². The highest BCUT2D eigenvalue weighted by Crippen LogP contribution is 1.76. The van der Waals surface area contributed by atoms with Crippen molar-refractivity contribution in [3.63, 3.8) is 0 Å². The van der Waals surface area contributed by atoms with E-state index in [1.54, 1.807) is 6.92 Å². The minimum atomic E-state index is 0. The molecule has 0 aliphatic rings. The Morgan fingerprint density at radius 2 is 1.64 bits per heavy atom. The minimum absolute atomic E-state index is 0. The van der Waals surface area contributed by atoms with Gasteiger partial charge in [-0.2, -0.15) is 0 Å². The molecule has 0 fully saturated rings. The van der Waals surface area contributed by atoms with Crippen molar-refractivity contribution >= 4 is 42.4 Å². The molecule has 1 aromatic carbocycles. The molecule has 0 saturated carbocycles. The van der Waals surface area contributed by atoms with Crippen LogP contribution in [0.2, 0.25) is 0 Å². The van der Waals surface area contributed by atoms with E-state index in [4.69, 9.17) is 5.11 Å². The molecule has 11 heavy (non-hydrogen) atoms. The lowest BCUT2D eigenvalue weighted by molar-refractivity contribution is 0.318. The fraction of sp³-hybridized carbons (Fsp3) is 0.250. The Labute approximate surface area is 91.0 Å². The summed E-state index contributed by atoms with van der Waals surface area (Å²) in [5.41, 5.74) is 0. The van der Waals surface area contributed by atoms with Crippen molar-refractivity contribution < 1.29 is 5.11 Å². The average molecular weight is 228 g/mol. The summed E-state index contributed by atoms with van der Waals surface area (Å²) in [4.78, 5) is 0. The molecular weight excluding hydrogens is 216 g/mol. The van der Waals surface area contributed by atoms with Gasteiger partial charge in [-0.3, -0.25) is 0 Å². The minimum Gasteiger partial charge on any atom is -0.397 e. The van der Waals surface area contributed by atoms with Crippen LogP contribution in [0.1, 0.15) is 6.92 Å². The topological polar surface area (TPSA) is 20.2 Å². The van der Waals surface area contributed by atoms with Crippen LogP contribution in [0.3, 0.4) is 0 Å². The third-order valence-electron chi connectivity index (χ3n) is 0.843. The molecule has 1 aromatic rings. The van der Waals surface area contributed by atoms with Crippen molar-refractivity contribution in [1.82, 2.24) is 0 Å². The zero-order chi connectivity index (χ0) is 7.82. The number of halogens is 1. The van der Waals surface area contributed by atoms with Crippen LogP contribution >= 0.6 is 17.0 Å². The molecule has 1 N–H and O–H groups in total. The molecule has 0 unspecified atom stereocenters. The summed E-state index contributed by atoms with van der Waals surface area (Å²) in [5.74, 6) is 0. The fourth-order valence-corrected chi connectivity index (χ4v) is 0.750. The van der Waals surface area contributed by atoms with E-state index in [1.165, 1.54) is 3.69 Å². The van der Waals surface area contributed by atoms with Crippen molar-refractivity contribution in [3.05, 3.63) is 30.3 Å². The summed E-state index contributed by atoms with van der Waals surface area (Å²) in [6, 6.07) is 10.3. The summed E-state index contributed by atoms with van der Waals surface area (Å²) in [6.07, 6.45) is 0. The van der Waals surface area contributed by atoms with Gasteiger partial charge in [0.25, 0.3) is 0 Å². The third-order valence-corrected chi connectivity index (χ3v) is 1.31. The van der Waals surface area contributed by atoms with Gasteiger partial charge in [0.1, 0.15) is 0 Å². The number of benzene rings is 1. The number of aliphatic hydroxyl groups excluding tert-OH is 1. The van der Waals surface area contributed by atoms with Gasteiger partial charge in [0.05, 0.1) is 0 Å². The highest BCUT2D eigenvalue weighted by Gasteiger charge is 2.28. The van der Waals surface area contributed by atoms with Crippen LogP contribution in [-0.2, 0) is 0 Å². The molecule has 0 heterocycles. The van der Waals surface area contributed by atoms with Crippen LogP contribution in [0, 0.1) is 0 Å². The maximum atomic E-state index is 7.57. The third kappa shape index (κ3) is 10.4. The molecule has 0 aromatic heterocycles. The standard InChI is InChI=1S/C6H5.C2H6O.BrH.Mg/c1-2-4-6-5-3-1;1-2-3;;/h1-5H;3H,2H2,1H3;1H;/q;;;+2. The van der Waals surface area contributed by atoms with Gasteiger partial charge in [0.2, 0.25) is 0 Å². The second kappa shape index (κ2) is 10.4. The van der Waals surface area contributed by atoms with Crippen molar-refractivity contribution in [2.75, 3.05) is 6.61 Å². The Hall–Kier alpha value is 0.426. The van der Waals surface area contributed by atoms with Crippen molar-refractivity contribution in [1.29, 1.82) is 0 Å². The van der Waals surface area contributed by atoms with Crippen molar-refractivity contribution in [2.24, 2.45) is 0 Å². The first kappa shape index (κ1) is 14.0. The Kier molecular flexibility index (Phi) is 13.3. The van der Waals surface area contributed by atoms with E-state index in [0.717, 1.165) is 0 Å². The van der Waals surface area contributed by atoms with Crippen LogP contribution in [0.15, 0.2) is 30.3 Å². The molecule has 1 rings (SSSR count). The zero-order valence-electron chi connectivity index (χ0n) is 6.66. The molecule has 57 valence electrons. The Morgan fingerprint density at radius 1 is 1.27 bits per heavy atom. The van der Waals surface area contributed by atoms with Crippen LogP contribution in [0.5, 0.6) is 0 Å². The average Bonchev–Trinajstić information content (AvgIpc) is 1.91. The van der Waals surface area contributed by atoms with Gasteiger partial charge in [-0.25, -0.2) is 0 Å². The van der Waals surface area contributed by atoms with E-state index in [0.29, 0.717) is 0 Å². The smallest absolute Gasteiger partial charge is 0.397 e. The lowest BCUT2D eigenvalue weighted by atomic mass is 10.4. The molecule has 0 aliphatic carbocycles. The normalized spacial score (nSPS) is 7.18. The van der Waals surface area contributed by atoms with Gasteiger partial charge < -0.3 is 5.11 Å². The number of hydrogen-bond donors (Lipinski definition) is 1. The first-order chi connectivity index (χ1) is 4.81. The van der Waals surface area contributed by atoms with Crippen LogP contribution in [0.25, 0.3) is 0 Å². The van der Waals surface area contributed by atoms with Gasteiger partial charge in [0, 0.05) is 18.7 Å². The fourth-order valence-electron chi connectivity index (χ4n) is 0.478. The van der Waals surface area contributed by atoms with Crippen molar-refractivity contribution in [3.8, 4) is 0 Å². The Balaban J connectivity index is 0. The number of aliphatic hydroxyl groups is 1. The highest BCUT2D eigenvalue weighted by molar-refractivity contribution is 8.93. The second-order valence-corrected chi connectivity index (χ2v) is 2.62. The molecule has 0 bridgehead atoms. The Morgan fingerprint density at radius 3 is 1.82 bits per heavy atom. The maximum absolute atomic E-state index is 7.57. The molecular formula is C8H12BrMgO+2. The van der Waals surface area contributed by atoms with Gasteiger partial charge in [-0.15, -0.1) is 17.0 Å². The van der Waals surface area contributed by atoms with Crippen LogP contribution in [-0.4, -0.2) is 33.4 Å². The predicted octanol–water partition coefficient (Wildman–Crippen LogP) is 1.06. The SMILES string of the molecule is Br.CCO.[Mg+2][c]1ccccc1. The molecule has 3 heteroatoms. The van der Waals surface area contributed by atoms with Crippen LogP contribution < -0.4 is 3.69 Å². The summed E-state index contributed by atoms with van der Waals surface area (Å²) in [7, 11) is 0. The van der Waals surface area contributed by atoms with Gasteiger partial charge >= 0.3 is 25.4 Å². The lowest BCUT2D eigenvalue weighted by Gasteiger charge is -1.65. The zero-order valence-corrected chi connectivity index (χ0v) is 9.78. The van der Waals surface area contributed by atoms with E-state index in [-0.39, 0.29) is 23.6 Å². The molecule has 0 saturated heterocycles. The largest absolute Gasteiger partial charge is 1.47 e. The number of hydrogen-bond acceptors (Lipinski definition) is 1. The first-order valence-corrected chi connectivity index (χ1v) is 3.99. The summed E-state index contributed by atoms with van der Waals surface area (Å²) < 4.78 is 1.35. The summed E-state index contributed by atoms with van der Waals surface area (Å²) in [5, 5.41) is 7.57. The van der Waals surface area contributed by atoms with Crippen molar-refractivity contribution in [2.45, 2.75) is 6.92 Å². The van der Waals surface area contributed by atoms with E-state index in [2.05, 4.69) is 12.1 Å². The van der Waals surface area contributed by atoms with Crippen LogP contribution in [0.4, 0.5) is 0 Å². The Bertz CT molecular complexity index is 155. The molecule has 7 radical (unpaired) electrons. The molecule has 0 spiro atoms. The lowest BCUT2D eigenvalue weighted by Crippen LogP contribution is -1.97. The number of rotatable bonds is 0. The highest BCUT2D eigenvalue weighted by atomic mass is 79.9. The maximum Gasteiger partial charge on any atom is 1.47 e. The molecule has 0 atom stereocenters. The van der Waals surface area contributed by atoms with E-state index in [1.807, 2.05) is 39.9 Å². The quantitative estimate of drug-likeness (QED) is 0.658. The van der Waals surface area contributed by atoms with E-state index >= 15 is 0 Å². The van der Waals surface area contributed by atoms with Gasteiger partial charge in [-0.1, -0.05) is 18.2 Å². The van der Waals surface area contributed by atoms with Gasteiger partial charge in [0.15, 0.2) is 0 Å². The summed E-state index contributed by atoms with van der Waals surface area (Å²) >= 11 is 1.90. The summed E-state index contributed by atoms with van der Waals surface area (Å²) in [6.45, 7) is 1.93.